The largest absolute Gasteiger partial charge is 0.459 e. The van der Waals surface area contributed by atoms with Crippen molar-refractivity contribution < 1.29 is 17.6 Å². The van der Waals surface area contributed by atoms with Crippen molar-refractivity contribution >= 4 is 15.9 Å². The van der Waals surface area contributed by atoms with Crippen molar-refractivity contribution in [3.8, 4) is 0 Å². The number of nitrogens with zero attached hydrogens (tertiary/aromatic N) is 1. The first-order valence-corrected chi connectivity index (χ1v) is 7.57. The summed E-state index contributed by atoms with van der Waals surface area (Å²) in [4.78, 5) is 11.9. The molecule has 0 radical (unpaired) electrons. The third-order valence-corrected chi connectivity index (χ3v) is 4.91. The number of nitrogens with one attached hydrogen (secondary N) is 1. The lowest BCUT2D eigenvalue weighted by Crippen LogP contribution is -2.43. The summed E-state index contributed by atoms with van der Waals surface area (Å²) in [5, 5.41) is 2.90. The molecule has 1 aliphatic heterocycles. The molecule has 0 unspecified atom stereocenters. The van der Waals surface area contributed by atoms with E-state index in [1.807, 2.05) is 0 Å². The number of amides is 1. The fraction of sp³-hybridized carbons (Fsp3) is 0.545. The van der Waals surface area contributed by atoms with Crippen LogP contribution in [0.4, 0.5) is 0 Å². The zero-order valence-electron chi connectivity index (χ0n) is 9.92. The van der Waals surface area contributed by atoms with E-state index in [9.17, 15) is 13.2 Å². The fourth-order valence-corrected chi connectivity index (χ4v) is 3.50. The average molecular weight is 270 g/mol. The Morgan fingerprint density at radius 2 is 2.39 bits per heavy atom. The molecule has 2 heterocycles. The maximum absolute atomic E-state index is 11.9. The minimum atomic E-state index is -3.17. The van der Waals surface area contributed by atoms with Crippen molar-refractivity contribution in [1.29, 1.82) is 0 Å². The first-order valence-electron chi connectivity index (χ1n) is 5.72. The lowest BCUT2D eigenvalue weighted by molar-refractivity contribution is 0.0902. The second-order valence-electron chi connectivity index (χ2n) is 5.04. The van der Waals surface area contributed by atoms with Crippen LogP contribution in [0.15, 0.2) is 22.8 Å². The van der Waals surface area contributed by atoms with Crippen LogP contribution in [-0.2, 0) is 10.0 Å². The Morgan fingerprint density at radius 1 is 1.61 bits per heavy atom. The zero-order valence-corrected chi connectivity index (χ0v) is 10.7. The van der Waals surface area contributed by atoms with Gasteiger partial charge < -0.3 is 9.73 Å². The van der Waals surface area contributed by atoms with Crippen LogP contribution in [0.2, 0.25) is 0 Å². The Morgan fingerprint density at radius 3 is 2.94 bits per heavy atom. The highest BCUT2D eigenvalue weighted by molar-refractivity contribution is 7.88. The summed E-state index contributed by atoms with van der Waals surface area (Å²) in [6.45, 7) is 0.861. The van der Waals surface area contributed by atoms with Gasteiger partial charge in [0.1, 0.15) is 0 Å². The monoisotopic (exact) mass is 270 g/mol. The SMILES string of the molecule is CS(=O)(=O)N1C[C@H]2C[C@]2(NC(=O)c2ccco2)C1. The number of rotatable bonds is 3. The summed E-state index contributed by atoms with van der Waals surface area (Å²) in [5.74, 6) is 0.205. The Kier molecular flexibility index (Phi) is 2.33. The molecule has 7 heteroatoms. The molecular weight excluding hydrogens is 256 g/mol. The number of carbonyl (C=O) groups excluding carboxylic acids is 1. The van der Waals surface area contributed by atoms with E-state index in [0.29, 0.717) is 13.1 Å². The van der Waals surface area contributed by atoms with E-state index in [0.717, 1.165) is 6.42 Å². The van der Waals surface area contributed by atoms with Gasteiger partial charge in [0, 0.05) is 13.1 Å². The smallest absolute Gasteiger partial charge is 0.287 e. The molecule has 1 amide bonds. The molecule has 2 fully saturated rings. The molecule has 1 N–H and O–H groups in total. The number of piperidine rings is 1. The molecule has 0 spiro atoms. The normalized spacial score (nSPS) is 31.1. The Balaban J connectivity index is 1.71. The summed E-state index contributed by atoms with van der Waals surface area (Å²) in [5.41, 5.74) is -0.382. The zero-order chi connectivity index (χ0) is 13.0. The van der Waals surface area contributed by atoms with Gasteiger partial charge >= 0.3 is 0 Å². The standard InChI is InChI=1S/C11H14N2O4S/c1-18(15,16)13-6-8-5-11(8,7-13)12-10(14)9-3-2-4-17-9/h2-4,8H,5-7H2,1H3,(H,12,14)/t8-,11+/m1/s1. The van der Waals surface area contributed by atoms with E-state index >= 15 is 0 Å². The highest BCUT2D eigenvalue weighted by atomic mass is 32.2. The summed E-state index contributed by atoms with van der Waals surface area (Å²) >= 11 is 0. The van der Waals surface area contributed by atoms with Crippen molar-refractivity contribution in [3.05, 3.63) is 24.2 Å². The molecule has 98 valence electrons. The average Bonchev–Trinajstić information content (AvgIpc) is 2.74. The number of sulfonamides is 1. The van der Waals surface area contributed by atoms with E-state index < -0.39 is 10.0 Å². The van der Waals surface area contributed by atoms with Gasteiger partial charge in [-0.1, -0.05) is 0 Å². The molecule has 1 aromatic rings. The van der Waals surface area contributed by atoms with Gasteiger partial charge in [-0.3, -0.25) is 4.79 Å². The summed E-state index contributed by atoms with van der Waals surface area (Å²) < 4.78 is 29.3. The maximum atomic E-state index is 11.9. The number of hydrogen-bond donors (Lipinski definition) is 1. The van der Waals surface area contributed by atoms with Gasteiger partial charge in [-0.25, -0.2) is 8.42 Å². The minimum absolute atomic E-state index is 0.228. The molecule has 2 atom stereocenters. The van der Waals surface area contributed by atoms with E-state index in [4.69, 9.17) is 4.42 Å². The van der Waals surface area contributed by atoms with Gasteiger partial charge in [0.2, 0.25) is 10.0 Å². The highest BCUT2D eigenvalue weighted by Crippen LogP contribution is 2.50. The fourth-order valence-electron chi connectivity index (χ4n) is 2.58. The predicted octanol–water partition coefficient (Wildman–Crippen LogP) is 0.0433. The molecular formula is C11H14N2O4S. The van der Waals surface area contributed by atoms with Crippen molar-refractivity contribution in [3.63, 3.8) is 0 Å². The molecule has 0 bridgehead atoms. The van der Waals surface area contributed by atoms with Crippen LogP contribution in [-0.4, -0.2) is 43.5 Å². The van der Waals surface area contributed by atoms with Crippen molar-refractivity contribution in [2.24, 2.45) is 5.92 Å². The molecule has 1 aromatic heterocycles. The first-order chi connectivity index (χ1) is 8.41. The van der Waals surface area contributed by atoms with E-state index in [2.05, 4.69) is 5.32 Å². The van der Waals surface area contributed by atoms with Gasteiger partial charge in [-0.05, 0) is 24.5 Å². The van der Waals surface area contributed by atoms with Crippen LogP contribution in [0.5, 0.6) is 0 Å². The van der Waals surface area contributed by atoms with Crippen LogP contribution >= 0.6 is 0 Å². The van der Waals surface area contributed by atoms with Gasteiger partial charge in [0.05, 0.1) is 18.1 Å². The Hall–Kier alpha value is -1.34. The van der Waals surface area contributed by atoms with Crippen molar-refractivity contribution in [1.82, 2.24) is 9.62 Å². The van der Waals surface area contributed by atoms with E-state index in [1.54, 1.807) is 12.1 Å². The van der Waals surface area contributed by atoms with Gasteiger partial charge in [0.15, 0.2) is 5.76 Å². The lowest BCUT2D eigenvalue weighted by atomic mass is 10.2. The van der Waals surface area contributed by atoms with Gasteiger partial charge in [-0.15, -0.1) is 0 Å². The van der Waals surface area contributed by atoms with E-state index in [1.165, 1.54) is 16.8 Å². The number of carbonyl (C=O) groups is 1. The molecule has 1 saturated heterocycles. The summed E-state index contributed by atoms with van der Waals surface area (Å²) in [6.07, 6.45) is 3.47. The van der Waals surface area contributed by atoms with Crippen molar-refractivity contribution in [2.45, 2.75) is 12.0 Å². The summed E-state index contributed by atoms with van der Waals surface area (Å²) in [6, 6.07) is 3.24. The Labute approximate surface area is 105 Å². The molecule has 6 nitrogen and oxygen atoms in total. The number of hydrogen-bond acceptors (Lipinski definition) is 4. The third-order valence-electron chi connectivity index (χ3n) is 3.69. The topological polar surface area (TPSA) is 79.6 Å². The molecule has 18 heavy (non-hydrogen) atoms. The Bertz CT molecular complexity index is 580. The summed E-state index contributed by atoms with van der Waals surface area (Å²) in [7, 11) is -3.17. The number of fused-ring (bicyclic) bond motifs is 1. The second-order valence-corrected chi connectivity index (χ2v) is 7.03. The maximum Gasteiger partial charge on any atom is 0.287 e. The molecule has 1 aliphatic carbocycles. The highest BCUT2D eigenvalue weighted by Gasteiger charge is 2.62. The molecule has 1 saturated carbocycles. The van der Waals surface area contributed by atoms with Gasteiger partial charge in [-0.2, -0.15) is 4.31 Å². The molecule has 3 rings (SSSR count). The quantitative estimate of drug-likeness (QED) is 0.841. The van der Waals surface area contributed by atoms with E-state index in [-0.39, 0.29) is 23.1 Å². The van der Waals surface area contributed by atoms with Gasteiger partial charge in [0.25, 0.3) is 5.91 Å². The van der Waals surface area contributed by atoms with Crippen LogP contribution in [0.25, 0.3) is 0 Å². The number of furan rings is 1. The third kappa shape index (κ3) is 1.83. The lowest BCUT2D eigenvalue weighted by Gasteiger charge is -2.19. The first kappa shape index (κ1) is 11.7. The van der Waals surface area contributed by atoms with Crippen molar-refractivity contribution in [2.75, 3.05) is 19.3 Å². The predicted molar refractivity (Wildman–Crippen MR) is 63.4 cm³/mol. The van der Waals surface area contributed by atoms with Crippen LogP contribution in [0, 0.1) is 5.92 Å². The molecule has 0 aromatic carbocycles. The van der Waals surface area contributed by atoms with Crippen LogP contribution in [0.1, 0.15) is 17.0 Å². The minimum Gasteiger partial charge on any atom is -0.459 e. The molecule has 2 aliphatic rings. The second kappa shape index (κ2) is 3.58. The van der Waals surface area contributed by atoms with Crippen LogP contribution < -0.4 is 5.32 Å². The van der Waals surface area contributed by atoms with Crippen LogP contribution in [0.3, 0.4) is 0 Å².